The lowest BCUT2D eigenvalue weighted by molar-refractivity contribution is 0.203. The summed E-state index contributed by atoms with van der Waals surface area (Å²) in [5, 5.41) is 0. The largest absolute Gasteiger partial charge is 0.396 e. The average molecular weight is 279 g/mol. The van der Waals surface area contributed by atoms with Crippen molar-refractivity contribution in [2.45, 2.75) is 25.8 Å². The number of isocyanates is 1. The molecule has 19 heavy (non-hydrogen) atoms. The first-order valence-corrected chi connectivity index (χ1v) is 8.26. The van der Waals surface area contributed by atoms with E-state index in [0.29, 0.717) is 19.8 Å². The minimum Gasteiger partial charge on any atom is -0.396 e. The molecule has 0 N–H and O–H groups in total. The van der Waals surface area contributed by atoms with Crippen LogP contribution in [0.1, 0.15) is 31.4 Å². The third-order valence-electron chi connectivity index (χ3n) is 2.83. The lowest BCUT2D eigenvalue weighted by Gasteiger charge is -2.24. The van der Waals surface area contributed by atoms with Gasteiger partial charge in [0.25, 0.3) is 0 Å². The fraction of sp³-hybridized carbons (Fsp3) is 0.500. The lowest BCUT2D eigenvalue weighted by atomic mass is 10.1. The molecule has 0 bridgehead atoms. The predicted molar refractivity (Wildman–Crippen MR) is 77.2 cm³/mol. The van der Waals surface area contributed by atoms with Crippen molar-refractivity contribution in [1.82, 2.24) is 0 Å². The van der Waals surface area contributed by atoms with E-state index in [-0.39, 0.29) is 5.54 Å². The van der Waals surface area contributed by atoms with Crippen LogP contribution in [0, 0.1) is 0 Å². The molecule has 5 heteroatoms. The monoisotopic (exact) mass is 279 g/mol. The van der Waals surface area contributed by atoms with Crippen molar-refractivity contribution in [3.8, 4) is 0 Å². The Kier molecular flexibility index (Phi) is 8.01. The summed E-state index contributed by atoms with van der Waals surface area (Å²) < 4.78 is 11.6. The van der Waals surface area contributed by atoms with Crippen LogP contribution >= 0.6 is 0 Å². The first kappa shape index (κ1) is 15.8. The maximum atomic E-state index is 10.2. The van der Waals surface area contributed by atoms with E-state index in [0.717, 1.165) is 6.42 Å². The molecule has 0 aromatic heterocycles. The van der Waals surface area contributed by atoms with Gasteiger partial charge in [-0.25, -0.2) is 9.79 Å². The first-order valence-electron chi connectivity index (χ1n) is 6.65. The van der Waals surface area contributed by atoms with Gasteiger partial charge in [-0.2, -0.15) is 0 Å². The van der Waals surface area contributed by atoms with Gasteiger partial charge >= 0.3 is 9.28 Å². The maximum absolute atomic E-state index is 10.2. The second-order valence-electron chi connectivity index (χ2n) is 4.06. The molecule has 1 aromatic carbocycles. The summed E-state index contributed by atoms with van der Waals surface area (Å²) in [6.07, 6.45) is 2.35. The smallest absolute Gasteiger partial charge is 0.329 e. The van der Waals surface area contributed by atoms with Crippen molar-refractivity contribution < 1.29 is 13.6 Å². The highest BCUT2D eigenvalue weighted by Gasteiger charge is 2.27. The molecule has 1 atom stereocenters. The fourth-order valence-electron chi connectivity index (χ4n) is 2.02. The third kappa shape index (κ3) is 5.49. The van der Waals surface area contributed by atoms with E-state index in [1.54, 1.807) is 6.08 Å². The Morgan fingerprint density at radius 3 is 2.37 bits per heavy atom. The van der Waals surface area contributed by atoms with E-state index in [2.05, 4.69) is 17.1 Å². The molecule has 0 spiro atoms. The van der Waals surface area contributed by atoms with Crippen molar-refractivity contribution in [1.29, 1.82) is 0 Å². The van der Waals surface area contributed by atoms with E-state index in [9.17, 15) is 4.79 Å². The second kappa shape index (κ2) is 9.64. The van der Waals surface area contributed by atoms with E-state index >= 15 is 0 Å². The first-order chi connectivity index (χ1) is 9.33. The van der Waals surface area contributed by atoms with Gasteiger partial charge in [-0.15, -0.1) is 0 Å². The molecule has 0 saturated carbocycles. The van der Waals surface area contributed by atoms with Gasteiger partial charge in [0, 0.05) is 18.8 Å². The Labute approximate surface area is 116 Å². The number of rotatable bonds is 9. The topological polar surface area (TPSA) is 47.9 Å². The molecular weight excluding hydrogens is 258 g/mol. The van der Waals surface area contributed by atoms with Crippen molar-refractivity contribution >= 4 is 15.4 Å². The third-order valence-corrected chi connectivity index (χ3v) is 5.53. The molecule has 0 heterocycles. The van der Waals surface area contributed by atoms with Gasteiger partial charge in [-0.1, -0.05) is 30.3 Å². The molecule has 4 nitrogen and oxygen atoms in total. The van der Waals surface area contributed by atoms with E-state index in [1.807, 2.05) is 32.0 Å². The number of benzene rings is 1. The van der Waals surface area contributed by atoms with Crippen LogP contribution in [0.25, 0.3) is 0 Å². The molecule has 0 saturated heterocycles. The number of hydrogen-bond donors (Lipinski definition) is 0. The Hall–Kier alpha value is -1.26. The summed E-state index contributed by atoms with van der Waals surface area (Å²) in [6, 6.07) is 10.2. The molecule has 1 aromatic rings. The highest BCUT2D eigenvalue weighted by molar-refractivity contribution is 6.46. The van der Waals surface area contributed by atoms with Gasteiger partial charge in [0.05, 0.1) is 6.54 Å². The van der Waals surface area contributed by atoms with E-state index in [4.69, 9.17) is 8.85 Å². The molecule has 0 radical (unpaired) electrons. The SMILES string of the molecule is CCO[SiH](OCC)C(CCN=C=O)c1ccccc1. The predicted octanol–water partition coefficient (Wildman–Crippen LogP) is 2.33. The second-order valence-corrected chi connectivity index (χ2v) is 6.27. The summed E-state index contributed by atoms with van der Waals surface area (Å²) in [6.45, 7) is 5.72. The number of carbonyl (C=O) groups excluding carboxylic acids is 1. The van der Waals surface area contributed by atoms with Crippen molar-refractivity contribution in [2.75, 3.05) is 19.8 Å². The number of aliphatic imine (C=N–C) groups is 1. The Bertz CT molecular complexity index is 387. The molecule has 0 aliphatic heterocycles. The van der Waals surface area contributed by atoms with Crippen LogP contribution in [-0.2, 0) is 13.6 Å². The van der Waals surface area contributed by atoms with Crippen LogP contribution < -0.4 is 0 Å². The Morgan fingerprint density at radius 1 is 1.21 bits per heavy atom. The summed E-state index contributed by atoms with van der Waals surface area (Å²) >= 11 is 0. The summed E-state index contributed by atoms with van der Waals surface area (Å²) in [5.74, 6) is 0. The van der Waals surface area contributed by atoms with Crippen LogP contribution in [0.3, 0.4) is 0 Å². The van der Waals surface area contributed by atoms with Gasteiger partial charge in [0.1, 0.15) is 0 Å². The van der Waals surface area contributed by atoms with E-state index < -0.39 is 9.28 Å². The van der Waals surface area contributed by atoms with Crippen LogP contribution in [0.2, 0.25) is 0 Å². The van der Waals surface area contributed by atoms with Crippen LogP contribution in [0.4, 0.5) is 0 Å². The zero-order valence-electron chi connectivity index (χ0n) is 11.5. The van der Waals surface area contributed by atoms with Crippen molar-refractivity contribution in [3.05, 3.63) is 35.9 Å². The normalized spacial score (nSPS) is 12.2. The number of hydrogen-bond acceptors (Lipinski definition) is 4. The van der Waals surface area contributed by atoms with Crippen LogP contribution in [0.5, 0.6) is 0 Å². The summed E-state index contributed by atoms with van der Waals surface area (Å²) in [7, 11) is -1.81. The van der Waals surface area contributed by atoms with Gasteiger partial charge in [0.2, 0.25) is 6.08 Å². The van der Waals surface area contributed by atoms with Gasteiger partial charge in [0.15, 0.2) is 0 Å². The summed E-state index contributed by atoms with van der Waals surface area (Å²) in [5.41, 5.74) is 1.40. The zero-order valence-corrected chi connectivity index (χ0v) is 12.7. The Morgan fingerprint density at radius 2 is 1.84 bits per heavy atom. The van der Waals surface area contributed by atoms with Crippen LogP contribution in [0.15, 0.2) is 35.3 Å². The van der Waals surface area contributed by atoms with Gasteiger partial charge in [-0.05, 0) is 25.8 Å². The molecule has 0 fully saturated rings. The Balaban J connectivity index is 2.85. The zero-order chi connectivity index (χ0) is 13.9. The molecular formula is C14H21NO3Si. The minimum atomic E-state index is -1.81. The highest BCUT2D eigenvalue weighted by atomic mass is 28.3. The van der Waals surface area contributed by atoms with Crippen molar-refractivity contribution in [2.24, 2.45) is 4.99 Å². The standard InChI is InChI=1S/C14H21NO3Si/c1-3-17-19(18-4-2)14(10-11-15-12-16)13-8-6-5-7-9-13/h5-9,14,19H,3-4,10-11H2,1-2H3. The minimum absolute atomic E-state index is 0.207. The van der Waals surface area contributed by atoms with Crippen LogP contribution in [-0.4, -0.2) is 35.1 Å². The molecule has 0 aliphatic rings. The highest BCUT2D eigenvalue weighted by Crippen LogP contribution is 2.24. The van der Waals surface area contributed by atoms with Gasteiger partial charge in [-0.3, -0.25) is 0 Å². The quantitative estimate of drug-likeness (QED) is 0.396. The lowest BCUT2D eigenvalue weighted by Crippen LogP contribution is -2.32. The van der Waals surface area contributed by atoms with Crippen molar-refractivity contribution in [3.63, 3.8) is 0 Å². The molecule has 0 amide bonds. The van der Waals surface area contributed by atoms with E-state index in [1.165, 1.54) is 5.56 Å². The fourth-order valence-corrected chi connectivity index (χ4v) is 4.19. The molecule has 104 valence electrons. The molecule has 0 aliphatic carbocycles. The molecule has 1 unspecified atom stereocenters. The maximum Gasteiger partial charge on any atom is 0.329 e. The molecule has 1 rings (SSSR count). The van der Waals surface area contributed by atoms with Gasteiger partial charge < -0.3 is 8.85 Å². The average Bonchev–Trinajstić information content (AvgIpc) is 2.45. The summed E-state index contributed by atoms with van der Waals surface area (Å²) in [4.78, 5) is 13.8. The number of nitrogens with zero attached hydrogens (tertiary/aromatic N) is 1.